The van der Waals surface area contributed by atoms with Crippen molar-refractivity contribution in [3.05, 3.63) is 4.91 Å². The van der Waals surface area contributed by atoms with Crippen molar-refractivity contribution in [2.45, 2.75) is 20.0 Å². The molecular weight excluding hydrogens is 136 g/mol. The lowest BCUT2D eigenvalue weighted by Crippen LogP contribution is -2.26. The lowest BCUT2D eigenvalue weighted by Gasteiger charge is -2.14. The van der Waals surface area contributed by atoms with Crippen LogP contribution < -0.4 is 0 Å². The Kier molecular flexibility index (Phi) is 4.78. The molecule has 0 aliphatic carbocycles. The lowest BCUT2D eigenvalue weighted by molar-refractivity contribution is -0.169. The van der Waals surface area contributed by atoms with E-state index in [-0.39, 0.29) is 6.54 Å². The van der Waals surface area contributed by atoms with Crippen molar-refractivity contribution in [2.24, 2.45) is 5.29 Å². The van der Waals surface area contributed by atoms with Crippen LogP contribution in [-0.2, 0) is 4.84 Å². The van der Waals surface area contributed by atoms with Crippen molar-refractivity contribution >= 4 is 0 Å². The Hall–Kier alpha value is -0.680. The minimum Gasteiger partial charge on any atom is -0.391 e. The average molecular weight is 148 g/mol. The SMILES string of the molecule is CCON(CC(C)O)N=O. The maximum atomic E-state index is 9.87. The maximum absolute atomic E-state index is 9.87. The standard InChI is InChI=1S/C5H12N2O3/c1-3-10-7(6-9)4-5(2)8/h5,8H,3-4H2,1-2H3. The van der Waals surface area contributed by atoms with Crippen molar-refractivity contribution in [2.75, 3.05) is 13.2 Å². The van der Waals surface area contributed by atoms with Crippen LogP contribution in [0.5, 0.6) is 0 Å². The van der Waals surface area contributed by atoms with E-state index >= 15 is 0 Å². The number of nitrogens with zero attached hydrogens (tertiary/aromatic N) is 2. The number of hydrogen-bond donors (Lipinski definition) is 1. The summed E-state index contributed by atoms with van der Waals surface area (Å²) in [5, 5.41) is 12.1. The smallest absolute Gasteiger partial charge is 0.0938 e. The number of hydrogen-bond acceptors (Lipinski definition) is 4. The first-order chi connectivity index (χ1) is 4.70. The van der Waals surface area contributed by atoms with Crippen molar-refractivity contribution in [3.63, 3.8) is 0 Å². The molecule has 0 rings (SSSR count). The molecule has 0 fully saturated rings. The third-order valence-electron chi connectivity index (χ3n) is 0.790. The number of aliphatic hydroxyl groups is 1. The molecule has 0 aromatic rings. The third kappa shape index (κ3) is 4.22. The molecule has 0 radical (unpaired) electrons. The van der Waals surface area contributed by atoms with E-state index in [1.807, 2.05) is 0 Å². The van der Waals surface area contributed by atoms with Crippen molar-refractivity contribution < 1.29 is 9.94 Å². The van der Waals surface area contributed by atoms with Gasteiger partial charge in [-0.25, -0.2) is 0 Å². The van der Waals surface area contributed by atoms with Crippen molar-refractivity contribution in [1.29, 1.82) is 0 Å². The fourth-order valence-electron chi connectivity index (χ4n) is 0.485. The second-order valence-electron chi connectivity index (χ2n) is 1.88. The van der Waals surface area contributed by atoms with Crippen LogP contribution in [0.2, 0.25) is 0 Å². The first kappa shape index (κ1) is 9.32. The number of hydroxylamine groups is 1. The van der Waals surface area contributed by atoms with E-state index in [9.17, 15) is 4.91 Å². The van der Waals surface area contributed by atoms with Gasteiger partial charge >= 0.3 is 0 Å². The molecule has 5 heteroatoms. The Balaban J connectivity index is 3.49. The summed E-state index contributed by atoms with van der Waals surface area (Å²) in [5.74, 6) is 0. The summed E-state index contributed by atoms with van der Waals surface area (Å²) < 4.78 is 0. The van der Waals surface area contributed by atoms with Gasteiger partial charge in [0, 0.05) is 0 Å². The van der Waals surface area contributed by atoms with Gasteiger partial charge in [-0.15, -0.1) is 10.1 Å². The highest BCUT2D eigenvalue weighted by Gasteiger charge is 2.05. The van der Waals surface area contributed by atoms with E-state index in [0.717, 1.165) is 5.17 Å². The third-order valence-corrected chi connectivity index (χ3v) is 0.790. The van der Waals surface area contributed by atoms with Gasteiger partial charge in [0.2, 0.25) is 0 Å². The Labute approximate surface area is 59.5 Å². The first-order valence-corrected chi connectivity index (χ1v) is 3.12. The molecule has 1 atom stereocenters. The molecule has 0 aliphatic heterocycles. The van der Waals surface area contributed by atoms with Crippen LogP contribution in [0.15, 0.2) is 5.29 Å². The highest BCUT2D eigenvalue weighted by Crippen LogP contribution is 1.93. The van der Waals surface area contributed by atoms with Gasteiger partial charge in [-0.3, -0.25) is 4.84 Å². The highest BCUT2D eigenvalue weighted by atomic mass is 16.7. The van der Waals surface area contributed by atoms with Gasteiger partial charge in [-0.2, -0.15) is 0 Å². The molecule has 0 heterocycles. The lowest BCUT2D eigenvalue weighted by atomic mass is 10.4. The van der Waals surface area contributed by atoms with E-state index in [1.54, 1.807) is 13.8 Å². The largest absolute Gasteiger partial charge is 0.391 e. The Morgan fingerprint density at radius 3 is 2.70 bits per heavy atom. The van der Waals surface area contributed by atoms with Crippen LogP contribution in [0.1, 0.15) is 13.8 Å². The van der Waals surface area contributed by atoms with Gasteiger partial charge in [-0.05, 0) is 13.8 Å². The summed E-state index contributed by atoms with van der Waals surface area (Å²) in [6.07, 6.45) is -0.607. The van der Waals surface area contributed by atoms with Crippen LogP contribution in [0.3, 0.4) is 0 Å². The summed E-state index contributed by atoms with van der Waals surface area (Å²) in [6, 6.07) is 0. The van der Waals surface area contributed by atoms with Crippen LogP contribution in [0.4, 0.5) is 0 Å². The van der Waals surface area contributed by atoms with E-state index in [0.29, 0.717) is 6.61 Å². The molecular formula is C5H12N2O3. The van der Waals surface area contributed by atoms with Gasteiger partial charge < -0.3 is 5.11 Å². The van der Waals surface area contributed by atoms with Gasteiger partial charge in [0.25, 0.3) is 0 Å². The number of rotatable bonds is 5. The van der Waals surface area contributed by atoms with Crippen LogP contribution in [-0.4, -0.2) is 29.5 Å². The van der Waals surface area contributed by atoms with Gasteiger partial charge in [0.15, 0.2) is 0 Å². The molecule has 10 heavy (non-hydrogen) atoms. The van der Waals surface area contributed by atoms with Crippen molar-refractivity contribution in [1.82, 2.24) is 5.17 Å². The maximum Gasteiger partial charge on any atom is 0.0938 e. The predicted molar refractivity (Wildman–Crippen MR) is 35.8 cm³/mol. The van der Waals surface area contributed by atoms with E-state index in [1.165, 1.54) is 0 Å². The minimum atomic E-state index is -0.607. The topological polar surface area (TPSA) is 62.1 Å². The normalized spacial score (nSPS) is 12.7. The Morgan fingerprint density at radius 2 is 2.40 bits per heavy atom. The van der Waals surface area contributed by atoms with Crippen molar-refractivity contribution in [3.8, 4) is 0 Å². The van der Waals surface area contributed by atoms with Gasteiger partial charge in [0.1, 0.15) is 0 Å². The molecule has 5 nitrogen and oxygen atoms in total. The molecule has 0 bridgehead atoms. The van der Waals surface area contributed by atoms with Gasteiger partial charge in [-0.1, -0.05) is 0 Å². The highest BCUT2D eigenvalue weighted by molar-refractivity contribution is 4.46. The fourth-order valence-corrected chi connectivity index (χ4v) is 0.485. The molecule has 0 aliphatic rings. The Morgan fingerprint density at radius 1 is 1.80 bits per heavy atom. The van der Waals surface area contributed by atoms with Crippen LogP contribution in [0, 0.1) is 4.91 Å². The second kappa shape index (κ2) is 5.13. The predicted octanol–water partition coefficient (Wildman–Crippen LogP) is 0.302. The number of aliphatic hydroxyl groups excluding tert-OH is 1. The molecule has 0 saturated heterocycles. The van der Waals surface area contributed by atoms with Gasteiger partial charge in [0.05, 0.1) is 24.5 Å². The molecule has 0 aromatic heterocycles. The van der Waals surface area contributed by atoms with E-state index < -0.39 is 6.10 Å². The zero-order chi connectivity index (χ0) is 7.98. The zero-order valence-corrected chi connectivity index (χ0v) is 6.15. The van der Waals surface area contributed by atoms with Crippen LogP contribution in [0.25, 0.3) is 0 Å². The first-order valence-electron chi connectivity index (χ1n) is 3.12. The Bertz CT molecular complexity index is 96.9. The summed E-state index contributed by atoms with van der Waals surface area (Å²) in [4.78, 5) is 14.6. The molecule has 0 saturated carbocycles. The molecule has 0 amide bonds. The monoisotopic (exact) mass is 148 g/mol. The average Bonchev–Trinajstić information content (AvgIpc) is 1.86. The molecule has 0 aromatic carbocycles. The minimum absolute atomic E-state index is 0.108. The summed E-state index contributed by atoms with van der Waals surface area (Å²) in [6.45, 7) is 3.77. The van der Waals surface area contributed by atoms with Crippen LogP contribution >= 0.6 is 0 Å². The zero-order valence-electron chi connectivity index (χ0n) is 6.15. The molecule has 0 spiro atoms. The quantitative estimate of drug-likeness (QED) is 0.450. The van der Waals surface area contributed by atoms with E-state index in [2.05, 4.69) is 5.29 Å². The summed E-state index contributed by atoms with van der Waals surface area (Å²) in [5.41, 5.74) is 0. The second-order valence-corrected chi connectivity index (χ2v) is 1.88. The molecule has 1 unspecified atom stereocenters. The summed E-state index contributed by atoms with van der Waals surface area (Å²) in [7, 11) is 0. The van der Waals surface area contributed by atoms with E-state index in [4.69, 9.17) is 9.94 Å². The summed E-state index contributed by atoms with van der Waals surface area (Å²) >= 11 is 0. The number of nitroso groups, excluding NO2 is 1. The molecule has 1 N–H and O–H groups in total. The molecule has 60 valence electrons. The fraction of sp³-hybridized carbons (Fsp3) is 1.00.